The van der Waals surface area contributed by atoms with Crippen LogP contribution in [0.5, 0.6) is 5.75 Å². The summed E-state index contributed by atoms with van der Waals surface area (Å²) < 4.78 is 116. The molecule has 0 bridgehead atoms. The Labute approximate surface area is 240 Å². The molecule has 4 atom stereocenters. The number of hydrogen-bond acceptors (Lipinski definition) is 5. The highest BCUT2D eigenvalue weighted by atomic mass is 28.4. The molecule has 1 amide bonds. The monoisotopic (exact) mass is 627 g/mol. The maximum Gasteiger partial charge on any atom is 0.417 e. The number of nitrogens with zero attached hydrogens (tertiary/aromatic N) is 2. The number of aryl methyl sites for hydroxylation is 1. The van der Waals surface area contributed by atoms with Crippen molar-refractivity contribution >= 4 is 19.9 Å². The molecule has 3 rings (SSSR count). The number of halogens is 7. The van der Waals surface area contributed by atoms with Crippen LogP contribution in [0.2, 0.25) is 18.1 Å². The van der Waals surface area contributed by atoms with Gasteiger partial charge in [0.1, 0.15) is 12.7 Å². The van der Waals surface area contributed by atoms with E-state index < -0.39 is 67.9 Å². The van der Waals surface area contributed by atoms with Gasteiger partial charge in [-0.1, -0.05) is 33.8 Å². The Morgan fingerprint density at radius 1 is 1.19 bits per heavy atom. The van der Waals surface area contributed by atoms with E-state index in [2.05, 4.69) is 10.4 Å². The Morgan fingerprint density at radius 3 is 2.33 bits per heavy atom. The molecule has 236 valence electrons. The summed E-state index contributed by atoms with van der Waals surface area (Å²) in [6.07, 6.45) is -6.04. The highest BCUT2D eigenvalue weighted by Crippen LogP contribution is 2.55. The smallest absolute Gasteiger partial charge is 0.417 e. The first-order valence-electron chi connectivity index (χ1n) is 13.3. The van der Waals surface area contributed by atoms with Crippen LogP contribution in [-0.2, 0) is 14.0 Å². The third kappa shape index (κ3) is 6.47. The Balaban J connectivity index is 2.00. The number of amides is 1. The van der Waals surface area contributed by atoms with Gasteiger partial charge in [0, 0.05) is 17.4 Å². The number of rotatable bonds is 9. The van der Waals surface area contributed by atoms with Crippen molar-refractivity contribution in [1.29, 1.82) is 0 Å². The highest BCUT2D eigenvalue weighted by Gasteiger charge is 2.66. The van der Waals surface area contributed by atoms with Gasteiger partial charge in [0.2, 0.25) is 5.82 Å². The maximum atomic E-state index is 15.1. The lowest BCUT2D eigenvalue weighted by Gasteiger charge is -2.36. The molecule has 1 saturated heterocycles. The summed E-state index contributed by atoms with van der Waals surface area (Å²) in [5.41, 5.74) is -3.30. The van der Waals surface area contributed by atoms with E-state index in [1.165, 1.54) is 13.8 Å². The molecule has 1 fully saturated rings. The molecule has 1 aromatic carbocycles. The number of alkyl halides is 5. The van der Waals surface area contributed by atoms with Crippen LogP contribution in [0, 0.1) is 24.5 Å². The van der Waals surface area contributed by atoms with Gasteiger partial charge in [0.25, 0.3) is 5.91 Å². The SMILES string of the molecule is Cc1nn(C(F)F)cc1NC(=O)[C@@H]1O[C@@](C)(C(F)(F)F)[C@@H](C)[C@H]1c1ccc(F)c(F)c1OCCO[Si](C)(C)C(C)(C)C. The average molecular weight is 628 g/mol. The molecule has 0 spiro atoms. The Hall–Kier alpha value is -2.65. The summed E-state index contributed by atoms with van der Waals surface area (Å²) in [7, 11) is -2.23. The normalized spacial score (nSPS) is 23.5. The lowest BCUT2D eigenvalue weighted by atomic mass is 9.77. The molecule has 1 aliphatic heterocycles. The lowest BCUT2D eigenvalue weighted by Crippen LogP contribution is -2.47. The molecular weight excluding hydrogens is 591 g/mol. The van der Waals surface area contributed by atoms with E-state index in [1.54, 1.807) is 0 Å². The summed E-state index contributed by atoms with van der Waals surface area (Å²) in [5, 5.41) is 5.72. The third-order valence-corrected chi connectivity index (χ3v) is 12.9. The zero-order valence-corrected chi connectivity index (χ0v) is 25.6. The molecule has 2 heterocycles. The molecule has 0 unspecified atom stereocenters. The van der Waals surface area contributed by atoms with Gasteiger partial charge in [-0.15, -0.1) is 0 Å². The predicted molar refractivity (Wildman–Crippen MR) is 143 cm³/mol. The van der Waals surface area contributed by atoms with Crippen molar-refractivity contribution in [2.75, 3.05) is 18.5 Å². The Morgan fingerprint density at radius 2 is 1.81 bits per heavy atom. The largest absolute Gasteiger partial charge is 0.488 e. The highest BCUT2D eigenvalue weighted by molar-refractivity contribution is 6.74. The number of carbonyl (C=O) groups excluding carboxylic acids is 1. The van der Waals surface area contributed by atoms with Crippen LogP contribution in [0.3, 0.4) is 0 Å². The first-order valence-corrected chi connectivity index (χ1v) is 16.2. The molecule has 1 aliphatic rings. The van der Waals surface area contributed by atoms with Gasteiger partial charge >= 0.3 is 12.7 Å². The van der Waals surface area contributed by atoms with Gasteiger partial charge in [0.15, 0.2) is 25.5 Å². The summed E-state index contributed by atoms with van der Waals surface area (Å²) in [6.45, 7) is 9.96. The van der Waals surface area contributed by atoms with Crippen molar-refractivity contribution in [2.24, 2.45) is 5.92 Å². The van der Waals surface area contributed by atoms with Crippen LogP contribution in [-0.4, -0.2) is 55.1 Å². The Kier molecular flexibility index (Phi) is 9.50. The molecule has 0 aliphatic carbocycles. The molecule has 7 nitrogen and oxygen atoms in total. The number of carbonyl (C=O) groups is 1. The number of aromatic nitrogens is 2. The van der Waals surface area contributed by atoms with Crippen LogP contribution in [0.15, 0.2) is 18.3 Å². The zero-order chi connectivity index (χ0) is 32.0. The lowest BCUT2D eigenvalue weighted by molar-refractivity contribution is -0.272. The van der Waals surface area contributed by atoms with Crippen LogP contribution >= 0.6 is 0 Å². The molecule has 1 aromatic heterocycles. The second-order valence-electron chi connectivity index (χ2n) is 12.1. The summed E-state index contributed by atoms with van der Waals surface area (Å²) in [6, 6.07) is 1.78. The van der Waals surface area contributed by atoms with Crippen molar-refractivity contribution < 1.29 is 49.4 Å². The summed E-state index contributed by atoms with van der Waals surface area (Å²) in [4.78, 5) is 13.4. The van der Waals surface area contributed by atoms with Crippen molar-refractivity contribution in [1.82, 2.24) is 9.78 Å². The molecule has 0 saturated carbocycles. The number of anilines is 1. The van der Waals surface area contributed by atoms with Crippen molar-refractivity contribution in [3.63, 3.8) is 0 Å². The van der Waals surface area contributed by atoms with Gasteiger partial charge in [-0.25, -0.2) is 9.07 Å². The minimum atomic E-state index is -4.97. The first kappa shape index (κ1) is 33.8. The van der Waals surface area contributed by atoms with Crippen LogP contribution in [0.1, 0.15) is 58.3 Å². The second-order valence-corrected chi connectivity index (χ2v) is 16.9. The maximum absolute atomic E-state index is 15.1. The Bertz CT molecular complexity index is 1300. The molecule has 2 aromatic rings. The van der Waals surface area contributed by atoms with Crippen molar-refractivity contribution in [3.05, 3.63) is 41.2 Å². The minimum absolute atomic E-state index is 0.000189. The van der Waals surface area contributed by atoms with E-state index in [9.17, 15) is 31.1 Å². The number of benzene rings is 1. The van der Waals surface area contributed by atoms with E-state index in [0.717, 1.165) is 25.3 Å². The molecular formula is C27H36F7N3O4Si. The number of hydrogen-bond donors (Lipinski definition) is 1. The molecule has 42 heavy (non-hydrogen) atoms. The van der Waals surface area contributed by atoms with E-state index in [0.29, 0.717) is 0 Å². The topological polar surface area (TPSA) is 74.6 Å². The van der Waals surface area contributed by atoms with E-state index in [4.69, 9.17) is 13.9 Å². The second kappa shape index (κ2) is 11.8. The van der Waals surface area contributed by atoms with Gasteiger partial charge in [-0.2, -0.15) is 31.4 Å². The van der Waals surface area contributed by atoms with Gasteiger partial charge in [-0.05, 0) is 38.0 Å². The summed E-state index contributed by atoms with van der Waals surface area (Å²) >= 11 is 0. The van der Waals surface area contributed by atoms with Crippen molar-refractivity contribution in [2.45, 2.75) is 90.0 Å². The first-order chi connectivity index (χ1) is 19.1. The van der Waals surface area contributed by atoms with Gasteiger partial charge in [0.05, 0.1) is 24.2 Å². The van der Waals surface area contributed by atoms with E-state index >= 15 is 4.39 Å². The fourth-order valence-corrected chi connectivity index (χ4v) is 5.57. The quantitative estimate of drug-likeness (QED) is 0.179. The number of nitrogens with one attached hydrogen (secondary N) is 1. The fourth-order valence-electron chi connectivity index (χ4n) is 4.54. The summed E-state index contributed by atoms with van der Waals surface area (Å²) in [5.74, 6) is -7.50. The van der Waals surface area contributed by atoms with Crippen LogP contribution in [0.25, 0.3) is 0 Å². The standard InChI is InChI=1S/C27H36F7N3O4Si/c1-14-19(16-9-10-17(28)20(29)21(16)39-11-12-40-42(7,8)25(3,4)5)22(41-26(14,6)27(32,33)34)23(38)35-18-13-37(24(30)31)36-15(18)2/h9-10,13-14,19,22,24H,11-12H2,1-8H3,(H,35,38)/t14-,19-,22+,26+/m0/s1. The average Bonchev–Trinajstić information content (AvgIpc) is 3.36. The molecule has 1 N–H and O–H groups in total. The van der Waals surface area contributed by atoms with Crippen LogP contribution < -0.4 is 10.1 Å². The number of ether oxygens (including phenoxy) is 2. The molecule has 15 heteroatoms. The van der Waals surface area contributed by atoms with Gasteiger partial charge < -0.3 is 19.2 Å². The predicted octanol–water partition coefficient (Wildman–Crippen LogP) is 7.34. The third-order valence-electron chi connectivity index (χ3n) is 8.34. The fraction of sp³-hybridized carbons (Fsp3) is 0.630. The van der Waals surface area contributed by atoms with Crippen LogP contribution in [0.4, 0.5) is 36.4 Å². The minimum Gasteiger partial charge on any atom is -0.488 e. The molecule has 0 radical (unpaired) electrons. The van der Waals surface area contributed by atoms with Gasteiger partial charge in [-0.3, -0.25) is 4.79 Å². The van der Waals surface area contributed by atoms with E-state index in [1.807, 2.05) is 33.9 Å². The van der Waals surface area contributed by atoms with Crippen molar-refractivity contribution in [3.8, 4) is 5.75 Å². The van der Waals surface area contributed by atoms with E-state index in [-0.39, 0.29) is 39.9 Å². The zero-order valence-electron chi connectivity index (χ0n) is 24.6.